The van der Waals surface area contributed by atoms with E-state index in [-0.39, 0.29) is 0 Å². The maximum Gasteiger partial charge on any atom is 0.0918 e. The Kier molecular flexibility index (Phi) is 6.76. The van der Waals surface area contributed by atoms with Crippen molar-refractivity contribution in [2.75, 3.05) is 19.6 Å². The number of nitrogens with one attached hydrogen (secondary N) is 1. The largest absolute Gasteiger partial charge is 0.388 e. The van der Waals surface area contributed by atoms with Crippen LogP contribution in [0, 0.1) is 5.41 Å². The van der Waals surface area contributed by atoms with Crippen LogP contribution in [0.25, 0.3) is 0 Å². The van der Waals surface area contributed by atoms with Gasteiger partial charge in [-0.25, -0.2) is 0 Å². The molecule has 0 aromatic carbocycles. The van der Waals surface area contributed by atoms with E-state index in [1.54, 1.807) is 0 Å². The minimum absolute atomic E-state index is 0.296. The van der Waals surface area contributed by atoms with Crippen molar-refractivity contribution < 1.29 is 0 Å². The Bertz CT molecular complexity index is 123. The minimum Gasteiger partial charge on any atom is -0.388 e. The lowest BCUT2D eigenvalue weighted by molar-refractivity contribution is 0.291. The molecule has 0 atom stereocenters. The SMILES string of the molecule is CCCCN(CC)CCC(=N)N. The summed E-state index contributed by atoms with van der Waals surface area (Å²) in [6.45, 7) is 7.48. The maximum absolute atomic E-state index is 7.09. The van der Waals surface area contributed by atoms with Gasteiger partial charge in [-0.1, -0.05) is 20.3 Å². The van der Waals surface area contributed by atoms with Gasteiger partial charge in [-0.05, 0) is 19.5 Å². The normalized spacial score (nSPS) is 10.6. The Balaban J connectivity index is 3.45. The number of nitrogens with two attached hydrogens (primary N) is 1. The van der Waals surface area contributed by atoms with Crippen molar-refractivity contribution in [1.82, 2.24) is 4.90 Å². The molecule has 72 valence electrons. The lowest BCUT2D eigenvalue weighted by atomic mass is 10.3. The zero-order valence-corrected chi connectivity index (χ0v) is 8.27. The first kappa shape index (κ1) is 11.4. The zero-order valence-electron chi connectivity index (χ0n) is 8.27. The minimum atomic E-state index is 0.296. The van der Waals surface area contributed by atoms with Crippen LogP contribution in [0.3, 0.4) is 0 Å². The molecule has 0 heterocycles. The highest BCUT2D eigenvalue weighted by Crippen LogP contribution is 1.95. The first-order valence-electron chi connectivity index (χ1n) is 4.76. The van der Waals surface area contributed by atoms with Crippen LogP contribution < -0.4 is 5.73 Å². The molecular formula is C9H21N3. The van der Waals surface area contributed by atoms with Crippen molar-refractivity contribution >= 4 is 5.84 Å². The molecule has 0 aliphatic rings. The molecule has 0 radical (unpaired) electrons. The van der Waals surface area contributed by atoms with Crippen molar-refractivity contribution in [1.29, 1.82) is 5.41 Å². The highest BCUT2D eigenvalue weighted by Gasteiger charge is 2.01. The van der Waals surface area contributed by atoms with Gasteiger partial charge in [-0.15, -0.1) is 0 Å². The quantitative estimate of drug-likeness (QED) is 0.450. The van der Waals surface area contributed by atoms with Crippen LogP contribution >= 0.6 is 0 Å². The number of amidine groups is 1. The van der Waals surface area contributed by atoms with Gasteiger partial charge in [-0.3, -0.25) is 5.41 Å². The summed E-state index contributed by atoms with van der Waals surface area (Å²) in [5, 5.41) is 7.09. The van der Waals surface area contributed by atoms with E-state index in [1.165, 1.54) is 12.8 Å². The molecule has 0 aliphatic heterocycles. The number of hydrogen-bond donors (Lipinski definition) is 2. The van der Waals surface area contributed by atoms with Crippen LogP contribution in [0.15, 0.2) is 0 Å². The Morgan fingerprint density at radius 1 is 1.33 bits per heavy atom. The molecule has 0 bridgehead atoms. The Morgan fingerprint density at radius 2 is 2.00 bits per heavy atom. The standard InChI is InChI=1S/C9H21N3/c1-3-5-7-12(4-2)8-6-9(10)11/h3-8H2,1-2H3,(H3,10,11). The molecule has 12 heavy (non-hydrogen) atoms. The Hall–Kier alpha value is -0.570. The van der Waals surface area contributed by atoms with Crippen LogP contribution in [-0.4, -0.2) is 30.4 Å². The molecule has 0 aromatic rings. The fourth-order valence-corrected chi connectivity index (χ4v) is 1.09. The molecule has 3 N–H and O–H groups in total. The highest BCUT2D eigenvalue weighted by atomic mass is 15.1. The van der Waals surface area contributed by atoms with Crippen molar-refractivity contribution in [3.63, 3.8) is 0 Å². The van der Waals surface area contributed by atoms with Gasteiger partial charge in [-0.2, -0.15) is 0 Å². The molecule has 0 saturated carbocycles. The summed E-state index contributed by atoms with van der Waals surface area (Å²) in [5.41, 5.74) is 5.28. The summed E-state index contributed by atoms with van der Waals surface area (Å²) in [4.78, 5) is 2.34. The van der Waals surface area contributed by atoms with E-state index in [4.69, 9.17) is 11.1 Å². The van der Waals surface area contributed by atoms with Gasteiger partial charge in [0.15, 0.2) is 0 Å². The molecule has 0 unspecified atom stereocenters. The monoisotopic (exact) mass is 171 g/mol. The van der Waals surface area contributed by atoms with Crippen LogP contribution in [0.1, 0.15) is 33.1 Å². The smallest absolute Gasteiger partial charge is 0.0918 e. The van der Waals surface area contributed by atoms with Crippen LogP contribution in [0.2, 0.25) is 0 Å². The summed E-state index contributed by atoms with van der Waals surface area (Å²) in [5.74, 6) is 0.296. The van der Waals surface area contributed by atoms with Crippen LogP contribution in [-0.2, 0) is 0 Å². The van der Waals surface area contributed by atoms with Gasteiger partial charge >= 0.3 is 0 Å². The van der Waals surface area contributed by atoms with E-state index in [2.05, 4.69) is 18.7 Å². The fraction of sp³-hybridized carbons (Fsp3) is 0.889. The third-order valence-electron chi connectivity index (χ3n) is 1.97. The van der Waals surface area contributed by atoms with Crippen molar-refractivity contribution in [2.45, 2.75) is 33.1 Å². The summed E-state index contributed by atoms with van der Waals surface area (Å²) in [6, 6.07) is 0. The lowest BCUT2D eigenvalue weighted by Crippen LogP contribution is -2.28. The van der Waals surface area contributed by atoms with E-state index in [0.29, 0.717) is 12.3 Å². The Labute approximate surface area is 75.4 Å². The summed E-state index contributed by atoms with van der Waals surface area (Å²) < 4.78 is 0. The Morgan fingerprint density at radius 3 is 2.42 bits per heavy atom. The molecule has 0 spiro atoms. The molecule has 3 nitrogen and oxygen atoms in total. The van der Waals surface area contributed by atoms with E-state index < -0.39 is 0 Å². The third kappa shape index (κ3) is 6.16. The van der Waals surface area contributed by atoms with Gasteiger partial charge in [0.05, 0.1) is 5.84 Å². The van der Waals surface area contributed by atoms with Crippen molar-refractivity contribution in [3.8, 4) is 0 Å². The predicted octanol–water partition coefficient (Wildman–Crippen LogP) is 1.43. The lowest BCUT2D eigenvalue weighted by Gasteiger charge is -2.19. The number of rotatable bonds is 7. The number of hydrogen-bond acceptors (Lipinski definition) is 2. The average Bonchev–Trinajstić information content (AvgIpc) is 2.05. The van der Waals surface area contributed by atoms with Gasteiger partial charge < -0.3 is 10.6 Å². The summed E-state index contributed by atoms with van der Waals surface area (Å²) >= 11 is 0. The van der Waals surface area contributed by atoms with Crippen LogP contribution in [0.4, 0.5) is 0 Å². The number of nitrogens with zero attached hydrogens (tertiary/aromatic N) is 1. The van der Waals surface area contributed by atoms with E-state index >= 15 is 0 Å². The molecule has 3 heteroatoms. The first-order chi connectivity index (χ1) is 5.70. The zero-order chi connectivity index (χ0) is 9.40. The molecule has 0 rings (SSSR count). The van der Waals surface area contributed by atoms with Gasteiger partial charge in [0.2, 0.25) is 0 Å². The van der Waals surface area contributed by atoms with Gasteiger partial charge in [0, 0.05) is 13.0 Å². The first-order valence-corrected chi connectivity index (χ1v) is 4.76. The van der Waals surface area contributed by atoms with Gasteiger partial charge in [0.1, 0.15) is 0 Å². The molecular weight excluding hydrogens is 150 g/mol. The van der Waals surface area contributed by atoms with E-state index in [0.717, 1.165) is 19.6 Å². The summed E-state index contributed by atoms with van der Waals surface area (Å²) in [6.07, 6.45) is 3.18. The summed E-state index contributed by atoms with van der Waals surface area (Å²) in [7, 11) is 0. The fourth-order valence-electron chi connectivity index (χ4n) is 1.09. The second-order valence-corrected chi connectivity index (χ2v) is 3.06. The van der Waals surface area contributed by atoms with E-state index in [9.17, 15) is 0 Å². The maximum atomic E-state index is 7.09. The molecule has 0 aromatic heterocycles. The van der Waals surface area contributed by atoms with Crippen molar-refractivity contribution in [2.24, 2.45) is 5.73 Å². The molecule has 0 aliphatic carbocycles. The number of unbranched alkanes of at least 4 members (excludes halogenated alkanes) is 1. The van der Waals surface area contributed by atoms with Crippen LogP contribution in [0.5, 0.6) is 0 Å². The predicted molar refractivity (Wildman–Crippen MR) is 53.6 cm³/mol. The molecule has 0 saturated heterocycles. The molecule has 0 amide bonds. The average molecular weight is 171 g/mol. The third-order valence-corrected chi connectivity index (χ3v) is 1.97. The van der Waals surface area contributed by atoms with Crippen molar-refractivity contribution in [3.05, 3.63) is 0 Å². The second-order valence-electron chi connectivity index (χ2n) is 3.06. The second kappa shape index (κ2) is 7.10. The molecule has 0 fully saturated rings. The highest BCUT2D eigenvalue weighted by molar-refractivity contribution is 5.76. The van der Waals surface area contributed by atoms with Gasteiger partial charge in [0.25, 0.3) is 0 Å². The topological polar surface area (TPSA) is 53.1 Å². The van der Waals surface area contributed by atoms with E-state index in [1.807, 2.05) is 0 Å².